The topological polar surface area (TPSA) is 56.7 Å². The van der Waals surface area contributed by atoms with Gasteiger partial charge in [-0.2, -0.15) is 0 Å². The van der Waals surface area contributed by atoms with Gasteiger partial charge in [-0.05, 0) is 53.6 Å². The average Bonchev–Trinajstić information content (AvgIpc) is 3.74. The standard InChI is InChI=1S/C45H28N4O/c1-5-15-29(16-6-1)35-27-37-40(28-36(35)45-47-43(30-17-7-2-8-18-30)46-44(48-45)31-19-9-3-10-20-31)50-39-26-25-34-33-23-13-14-24-38(33)49(42(34)41(37)39)32-21-11-4-12-22-32/h1-28H. The highest BCUT2D eigenvalue weighted by molar-refractivity contribution is 6.25. The van der Waals surface area contributed by atoms with Crippen molar-refractivity contribution in [1.82, 2.24) is 19.5 Å². The third kappa shape index (κ3) is 4.52. The zero-order valence-electron chi connectivity index (χ0n) is 26.9. The lowest BCUT2D eigenvalue weighted by molar-refractivity contribution is 0.669. The fourth-order valence-corrected chi connectivity index (χ4v) is 7.18. The van der Waals surface area contributed by atoms with E-state index in [1.54, 1.807) is 0 Å². The van der Waals surface area contributed by atoms with E-state index in [0.29, 0.717) is 17.5 Å². The number of rotatable bonds is 5. The zero-order chi connectivity index (χ0) is 33.0. The van der Waals surface area contributed by atoms with Crippen LogP contribution in [0.4, 0.5) is 0 Å². The number of hydrogen-bond donors (Lipinski definition) is 0. The van der Waals surface area contributed by atoms with Crippen LogP contribution in [0.5, 0.6) is 0 Å². The summed E-state index contributed by atoms with van der Waals surface area (Å²) in [6.07, 6.45) is 0. The van der Waals surface area contributed by atoms with Gasteiger partial charge >= 0.3 is 0 Å². The Kier molecular flexibility index (Phi) is 6.42. The van der Waals surface area contributed by atoms with E-state index in [9.17, 15) is 0 Å². The monoisotopic (exact) mass is 640 g/mol. The molecule has 0 N–H and O–H groups in total. The molecule has 0 spiro atoms. The van der Waals surface area contributed by atoms with Crippen molar-refractivity contribution in [2.45, 2.75) is 0 Å². The number of furan rings is 1. The van der Waals surface area contributed by atoms with Crippen molar-refractivity contribution >= 4 is 43.7 Å². The molecule has 0 aliphatic carbocycles. The number of fused-ring (bicyclic) bond motifs is 7. The first-order chi connectivity index (χ1) is 24.8. The Morgan fingerprint density at radius 2 is 0.960 bits per heavy atom. The normalized spacial score (nSPS) is 11.6. The SMILES string of the molecule is c1ccc(-c2nc(-c3ccccc3)nc(-c3cc4oc5ccc6c7ccccc7n(-c7ccccc7)c6c5c4cc3-c3ccccc3)n2)cc1. The zero-order valence-corrected chi connectivity index (χ0v) is 26.9. The molecule has 0 radical (unpaired) electrons. The maximum Gasteiger partial charge on any atom is 0.164 e. The van der Waals surface area contributed by atoms with Crippen molar-refractivity contribution in [2.24, 2.45) is 0 Å². The minimum absolute atomic E-state index is 0.586. The summed E-state index contributed by atoms with van der Waals surface area (Å²) in [5.74, 6) is 1.82. The summed E-state index contributed by atoms with van der Waals surface area (Å²) in [7, 11) is 0. The predicted octanol–water partition coefficient (Wildman–Crippen LogP) is 11.5. The molecule has 0 atom stereocenters. The van der Waals surface area contributed by atoms with E-state index < -0.39 is 0 Å². The van der Waals surface area contributed by atoms with Gasteiger partial charge in [0.15, 0.2) is 17.5 Å². The highest BCUT2D eigenvalue weighted by atomic mass is 16.3. The maximum absolute atomic E-state index is 6.75. The lowest BCUT2D eigenvalue weighted by Gasteiger charge is -2.13. The van der Waals surface area contributed by atoms with E-state index in [4.69, 9.17) is 19.4 Å². The second kappa shape index (κ2) is 11.4. The molecule has 0 unspecified atom stereocenters. The van der Waals surface area contributed by atoms with Crippen LogP contribution in [-0.2, 0) is 0 Å². The summed E-state index contributed by atoms with van der Waals surface area (Å²) >= 11 is 0. The highest BCUT2D eigenvalue weighted by Gasteiger charge is 2.22. The highest BCUT2D eigenvalue weighted by Crippen LogP contribution is 2.44. The van der Waals surface area contributed by atoms with Crippen LogP contribution < -0.4 is 0 Å². The molecule has 234 valence electrons. The number of hydrogen-bond acceptors (Lipinski definition) is 4. The lowest BCUT2D eigenvalue weighted by atomic mass is 9.96. The quantitative estimate of drug-likeness (QED) is 0.188. The maximum atomic E-state index is 6.75. The summed E-state index contributed by atoms with van der Waals surface area (Å²) in [5.41, 5.74) is 9.80. The second-order valence-corrected chi connectivity index (χ2v) is 12.4. The molecule has 0 amide bonds. The van der Waals surface area contributed by atoms with Crippen LogP contribution in [0.3, 0.4) is 0 Å². The van der Waals surface area contributed by atoms with E-state index in [-0.39, 0.29) is 0 Å². The molecule has 5 nitrogen and oxygen atoms in total. The van der Waals surface area contributed by atoms with Gasteiger partial charge in [-0.25, -0.2) is 15.0 Å². The fourth-order valence-electron chi connectivity index (χ4n) is 7.18. The van der Waals surface area contributed by atoms with E-state index in [1.807, 2.05) is 66.7 Å². The molecular formula is C45H28N4O. The van der Waals surface area contributed by atoms with Crippen LogP contribution in [0.1, 0.15) is 0 Å². The Labute approximate surface area is 287 Å². The van der Waals surface area contributed by atoms with Gasteiger partial charge in [-0.3, -0.25) is 0 Å². The van der Waals surface area contributed by atoms with Crippen molar-refractivity contribution in [3.8, 4) is 51.0 Å². The molecule has 3 heterocycles. The van der Waals surface area contributed by atoms with Gasteiger partial charge in [0.1, 0.15) is 11.2 Å². The number of benzene rings is 7. The lowest BCUT2D eigenvalue weighted by Crippen LogP contribution is -2.01. The van der Waals surface area contributed by atoms with E-state index in [2.05, 4.69) is 108 Å². The minimum Gasteiger partial charge on any atom is -0.456 e. The van der Waals surface area contributed by atoms with Gasteiger partial charge < -0.3 is 8.98 Å². The molecule has 10 rings (SSSR count). The Morgan fingerprint density at radius 3 is 1.62 bits per heavy atom. The fraction of sp³-hybridized carbons (Fsp3) is 0. The predicted molar refractivity (Wildman–Crippen MR) is 203 cm³/mol. The molecule has 0 aliphatic rings. The summed E-state index contributed by atoms with van der Waals surface area (Å²) in [6.45, 7) is 0. The van der Waals surface area contributed by atoms with Gasteiger partial charge in [0, 0.05) is 38.5 Å². The van der Waals surface area contributed by atoms with Gasteiger partial charge in [-0.15, -0.1) is 0 Å². The first kappa shape index (κ1) is 28.2. The smallest absolute Gasteiger partial charge is 0.164 e. The van der Waals surface area contributed by atoms with Gasteiger partial charge in [0.25, 0.3) is 0 Å². The van der Waals surface area contributed by atoms with Crippen LogP contribution in [-0.4, -0.2) is 19.5 Å². The molecule has 5 heteroatoms. The Balaban J connectivity index is 1.31. The number of aromatic nitrogens is 4. The van der Waals surface area contributed by atoms with Crippen molar-refractivity contribution in [1.29, 1.82) is 0 Å². The molecule has 0 bridgehead atoms. The van der Waals surface area contributed by atoms with Crippen molar-refractivity contribution in [3.05, 3.63) is 170 Å². The van der Waals surface area contributed by atoms with E-state index >= 15 is 0 Å². The van der Waals surface area contributed by atoms with Gasteiger partial charge in [-0.1, -0.05) is 127 Å². The van der Waals surface area contributed by atoms with Crippen molar-refractivity contribution in [3.63, 3.8) is 0 Å². The van der Waals surface area contributed by atoms with Crippen LogP contribution in [0.25, 0.3) is 94.7 Å². The van der Waals surface area contributed by atoms with Crippen LogP contribution in [0.15, 0.2) is 174 Å². The summed E-state index contributed by atoms with van der Waals surface area (Å²) in [4.78, 5) is 15.2. The average molecular weight is 641 g/mol. The summed E-state index contributed by atoms with van der Waals surface area (Å²) in [5, 5.41) is 4.50. The van der Waals surface area contributed by atoms with E-state index in [0.717, 1.165) is 66.5 Å². The molecular weight excluding hydrogens is 613 g/mol. The molecule has 0 saturated heterocycles. The first-order valence-electron chi connectivity index (χ1n) is 16.7. The number of para-hydroxylation sites is 2. The molecule has 0 fully saturated rings. The van der Waals surface area contributed by atoms with Crippen molar-refractivity contribution < 1.29 is 4.42 Å². The molecule has 7 aromatic carbocycles. The third-order valence-electron chi connectivity index (χ3n) is 9.45. The Morgan fingerprint density at radius 1 is 0.400 bits per heavy atom. The van der Waals surface area contributed by atoms with Gasteiger partial charge in [0.05, 0.1) is 16.4 Å². The van der Waals surface area contributed by atoms with Crippen molar-refractivity contribution in [2.75, 3.05) is 0 Å². The molecule has 50 heavy (non-hydrogen) atoms. The van der Waals surface area contributed by atoms with Crippen LogP contribution in [0, 0.1) is 0 Å². The van der Waals surface area contributed by atoms with E-state index in [1.165, 1.54) is 10.8 Å². The minimum atomic E-state index is 0.586. The summed E-state index contributed by atoms with van der Waals surface area (Å²) < 4.78 is 9.11. The van der Waals surface area contributed by atoms with Crippen LogP contribution >= 0.6 is 0 Å². The molecule has 0 saturated carbocycles. The third-order valence-corrected chi connectivity index (χ3v) is 9.45. The second-order valence-electron chi connectivity index (χ2n) is 12.4. The van der Waals surface area contributed by atoms with Gasteiger partial charge in [0.2, 0.25) is 0 Å². The number of nitrogens with zero attached hydrogens (tertiary/aromatic N) is 4. The molecule has 10 aromatic rings. The Hall–Kier alpha value is -6.85. The molecule has 0 aliphatic heterocycles. The molecule has 3 aromatic heterocycles. The largest absolute Gasteiger partial charge is 0.456 e. The summed E-state index contributed by atoms with van der Waals surface area (Å²) in [6, 6.07) is 58.4. The van der Waals surface area contributed by atoms with Crippen LogP contribution in [0.2, 0.25) is 0 Å². The first-order valence-corrected chi connectivity index (χ1v) is 16.7. The Bertz CT molecular complexity index is 2780.